The average Bonchev–Trinajstić information content (AvgIpc) is 3.12. The molecular formula is C13H20N2O2S. The van der Waals surface area contributed by atoms with Gasteiger partial charge in [-0.3, -0.25) is 0 Å². The van der Waals surface area contributed by atoms with Crippen molar-refractivity contribution in [3.63, 3.8) is 0 Å². The van der Waals surface area contributed by atoms with Crippen LogP contribution < -0.4 is 5.73 Å². The minimum absolute atomic E-state index is 0.148. The van der Waals surface area contributed by atoms with Gasteiger partial charge in [0.2, 0.25) is 10.0 Å². The summed E-state index contributed by atoms with van der Waals surface area (Å²) in [6.07, 6.45) is 2.44. The third-order valence-corrected chi connectivity index (χ3v) is 5.43. The highest BCUT2D eigenvalue weighted by molar-refractivity contribution is 7.90. The van der Waals surface area contributed by atoms with E-state index in [-0.39, 0.29) is 5.25 Å². The van der Waals surface area contributed by atoms with Crippen LogP contribution in [0.5, 0.6) is 0 Å². The van der Waals surface area contributed by atoms with Crippen molar-refractivity contribution in [1.82, 2.24) is 4.31 Å². The van der Waals surface area contributed by atoms with E-state index in [9.17, 15) is 8.42 Å². The summed E-state index contributed by atoms with van der Waals surface area (Å²) >= 11 is 0. The normalized spacial score (nSPS) is 16.1. The molecule has 0 radical (unpaired) electrons. The highest BCUT2D eigenvalue weighted by Gasteiger charge is 2.39. The predicted octanol–water partition coefficient (Wildman–Crippen LogP) is 1.97. The zero-order chi connectivity index (χ0) is 13.2. The lowest BCUT2D eigenvalue weighted by Gasteiger charge is -2.21. The summed E-state index contributed by atoms with van der Waals surface area (Å²) in [6.45, 7) is 3.00. The van der Waals surface area contributed by atoms with Crippen molar-refractivity contribution >= 4 is 15.7 Å². The Morgan fingerprint density at radius 1 is 1.39 bits per heavy atom. The molecular weight excluding hydrogens is 248 g/mol. The van der Waals surface area contributed by atoms with Crippen LogP contribution in [-0.2, 0) is 16.6 Å². The van der Waals surface area contributed by atoms with Gasteiger partial charge in [-0.25, -0.2) is 8.42 Å². The molecule has 0 bridgehead atoms. The maximum atomic E-state index is 12.3. The largest absolute Gasteiger partial charge is 0.399 e. The molecule has 4 nitrogen and oxygen atoms in total. The Morgan fingerprint density at radius 3 is 2.67 bits per heavy atom. The van der Waals surface area contributed by atoms with Gasteiger partial charge in [-0.05, 0) is 37.0 Å². The Kier molecular flexibility index (Phi) is 3.92. The van der Waals surface area contributed by atoms with Gasteiger partial charge >= 0.3 is 0 Å². The fourth-order valence-corrected chi connectivity index (χ4v) is 3.94. The molecule has 0 unspecified atom stereocenters. The molecule has 2 N–H and O–H groups in total. The summed E-state index contributed by atoms with van der Waals surface area (Å²) in [5, 5.41) is -0.148. The van der Waals surface area contributed by atoms with Crippen molar-refractivity contribution in [2.75, 3.05) is 12.3 Å². The van der Waals surface area contributed by atoms with Gasteiger partial charge in [-0.2, -0.15) is 4.31 Å². The molecule has 0 heterocycles. The van der Waals surface area contributed by atoms with Gasteiger partial charge in [0.15, 0.2) is 0 Å². The number of hydrogen-bond donors (Lipinski definition) is 1. The van der Waals surface area contributed by atoms with Gasteiger partial charge in [0.25, 0.3) is 0 Å². The lowest BCUT2D eigenvalue weighted by atomic mass is 10.2. The Bertz CT molecular complexity index is 509. The number of nitrogens with two attached hydrogens (primary N) is 1. The third-order valence-electron chi connectivity index (χ3n) is 3.09. The molecule has 1 saturated carbocycles. The second kappa shape index (κ2) is 5.28. The Morgan fingerprint density at radius 2 is 2.11 bits per heavy atom. The van der Waals surface area contributed by atoms with E-state index in [1.54, 1.807) is 4.31 Å². The average molecular weight is 268 g/mol. The third kappa shape index (κ3) is 3.03. The summed E-state index contributed by atoms with van der Waals surface area (Å²) in [4.78, 5) is 0. The molecule has 0 atom stereocenters. The number of nitrogens with zero attached hydrogens (tertiary/aromatic N) is 1. The van der Waals surface area contributed by atoms with E-state index in [2.05, 4.69) is 0 Å². The topological polar surface area (TPSA) is 63.4 Å². The standard InChI is InChI=1S/C13H20N2O2S/c1-2-8-15(18(16,17)13-6-7-13)10-11-4-3-5-12(14)9-11/h3-5,9,13H,2,6-8,10,14H2,1H3. The molecule has 100 valence electrons. The first-order valence-corrected chi connectivity index (χ1v) is 7.87. The Balaban J connectivity index is 2.16. The summed E-state index contributed by atoms with van der Waals surface area (Å²) in [7, 11) is -3.11. The van der Waals surface area contributed by atoms with Crippen LogP contribution in [0.25, 0.3) is 0 Å². The summed E-state index contributed by atoms with van der Waals surface area (Å²) in [5.74, 6) is 0. The Labute approximate surface area is 109 Å². The first kappa shape index (κ1) is 13.4. The fourth-order valence-electron chi connectivity index (χ4n) is 2.02. The van der Waals surface area contributed by atoms with Crippen molar-refractivity contribution in [2.24, 2.45) is 0 Å². The van der Waals surface area contributed by atoms with Crippen LogP contribution in [0.4, 0.5) is 5.69 Å². The smallest absolute Gasteiger partial charge is 0.217 e. The number of anilines is 1. The number of hydrogen-bond acceptors (Lipinski definition) is 3. The minimum atomic E-state index is -3.11. The van der Waals surface area contributed by atoms with E-state index in [4.69, 9.17) is 5.73 Å². The SMILES string of the molecule is CCCN(Cc1cccc(N)c1)S(=O)(=O)C1CC1. The van der Waals surface area contributed by atoms with Crippen LogP contribution in [0.3, 0.4) is 0 Å². The fraction of sp³-hybridized carbons (Fsp3) is 0.538. The number of rotatable bonds is 6. The molecule has 0 aliphatic heterocycles. The number of nitrogen functional groups attached to an aromatic ring is 1. The predicted molar refractivity (Wildman–Crippen MR) is 73.5 cm³/mol. The lowest BCUT2D eigenvalue weighted by molar-refractivity contribution is 0.405. The van der Waals surface area contributed by atoms with Crippen LogP contribution in [0.15, 0.2) is 24.3 Å². The molecule has 5 heteroatoms. The van der Waals surface area contributed by atoms with E-state index < -0.39 is 10.0 Å². The quantitative estimate of drug-likeness (QED) is 0.802. The molecule has 0 aromatic heterocycles. The van der Waals surface area contributed by atoms with E-state index >= 15 is 0 Å². The number of benzene rings is 1. The van der Waals surface area contributed by atoms with Crippen molar-refractivity contribution in [1.29, 1.82) is 0 Å². The zero-order valence-electron chi connectivity index (χ0n) is 10.7. The van der Waals surface area contributed by atoms with Crippen LogP contribution >= 0.6 is 0 Å². The van der Waals surface area contributed by atoms with E-state index in [1.165, 1.54) is 0 Å². The molecule has 1 aliphatic carbocycles. The molecule has 0 saturated heterocycles. The summed E-state index contributed by atoms with van der Waals surface area (Å²) < 4.78 is 26.1. The van der Waals surface area contributed by atoms with Crippen LogP contribution in [0.2, 0.25) is 0 Å². The first-order chi connectivity index (χ1) is 8.54. The van der Waals surface area contributed by atoms with E-state index in [0.29, 0.717) is 18.8 Å². The highest BCUT2D eigenvalue weighted by Crippen LogP contribution is 2.31. The van der Waals surface area contributed by atoms with Crippen LogP contribution in [0.1, 0.15) is 31.7 Å². The van der Waals surface area contributed by atoms with Crippen molar-refractivity contribution in [2.45, 2.75) is 38.0 Å². The number of sulfonamides is 1. The van der Waals surface area contributed by atoms with Crippen molar-refractivity contribution in [3.8, 4) is 0 Å². The molecule has 1 fully saturated rings. The van der Waals surface area contributed by atoms with Gasteiger partial charge in [-0.15, -0.1) is 0 Å². The van der Waals surface area contributed by atoms with Crippen LogP contribution in [-0.4, -0.2) is 24.5 Å². The molecule has 0 spiro atoms. The molecule has 2 rings (SSSR count). The first-order valence-electron chi connectivity index (χ1n) is 6.37. The second-order valence-corrected chi connectivity index (χ2v) is 7.04. The monoisotopic (exact) mass is 268 g/mol. The summed E-state index contributed by atoms with van der Waals surface area (Å²) in [5.41, 5.74) is 7.35. The van der Waals surface area contributed by atoms with Crippen LogP contribution in [0, 0.1) is 0 Å². The van der Waals surface area contributed by atoms with E-state index in [1.807, 2.05) is 31.2 Å². The van der Waals surface area contributed by atoms with E-state index in [0.717, 1.165) is 24.8 Å². The molecule has 1 aliphatic rings. The zero-order valence-corrected chi connectivity index (χ0v) is 11.5. The maximum Gasteiger partial charge on any atom is 0.217 e. The van der Waals surface area contributed by atoms with Gasteiger partial charge in [0.05, 0.1) is 5.25 Å². The van der Waals surface area contributed by atoms with Crippen molar-refractivity contribution in [3.05, 3.63) is 29.8 Å². The lowest BCUT2D eigenvalue weighted by Crippen LogP contribution is -2.34. The van der Waals surface area contributed by atoms with Gasteiger partial charge < -0.3 is 5.73 Å². The van der Waals surface area contributed by atoms with Gasteiger partial charge in [-0.1, -0.05) is 19.1 Å². The minimum Gasteiger partial charge on any atom is -0.399 e. The van der Waals surface area contributed by atoms with Gasteiger partial charge in [0, 0.05) is 18.8 Å². The molecule has 1 aromatic rings. The summed E-state index contributed by atoms with van der Waals surface area (Å²) in [6, 6.07) is 7.42. The van der Waals surface area contributed by atoms with Crippen molar-refractivity contribution < 1.29 is 8.42 Å². The molecule has 18 heavy (non-hydrogen) atoms. The maximum absolute atomic E-state index is 12.3. The Hall–Kier alpha value is -1.07. The van der Waals surface area contributed by atoms with Gasteiger partial charge in [0.1, 0.15) is 0 Å². The molecule has 1 aromatic carbocycles. The second-order valence-electron chi connectivity index (χ2n) is 4.82. The highest BCUT2D eigenvalue weighted by atomic mass is 32.2. The molecule has 0 amide bonds.